The van der Waals surface area contributed by atoms with Crippen LogP contribution in [0.4, 0.5) is 5.69 Å². The first-order chi connectivity index (χ1) is 9.52. The van der Waals surface area contributed by atoms with Crippen molar-refractivity contribution in [3.8, 4) is 0 Å². The summed E-state index contributed by atoms with van der Waals surface area (Å²) in [4.78, 5) is 13.7. The molecule has 1 aliphatic heterocycles. The predicted molar refractivity (Wildman–Crippen MR) is 81.8 cm³/mol. The number of ether oxygens (including phenoxy) is 1. The molecule has 0 unspecified atom stereocenters. The number of carbonyl (C=O) groups is 1. The SMILES string of the molecule is CCOC(=O)CC1(O)CCN(c2ccc(Br)cc2)CC1. The molecule has 20 heavy (non-hydrogen) atoms. The van der Waals surface area contributed by atoms with Gasteiger partial charge in [0, 0.05) is 23.2 Å². The van der Waals surface area contributed by atoms with Crippen LogP contribution >= 0.6 is 15.9 Å². The van der Waals surface area contributed by atoms with Crippen molar-refractivity contribution in [3.63, 3.8) is 0 Å². The zero-order valence-corrected chi connectivity index (χ0v) is 13.2. The maximum Gasteiger partial charge on any atom is 0.308 e. The summed E-state index contributed by atoms with van der Waals surface area (Å²) in [6.45, 7) is 3.63. The lowest BCUT2D eigenvalue weighted by Gasteiger charge is -2.38. The van der Waals surface area contributed by atoms with E-state index in [1.54, 1.807) is 6.92 Å². The lowest BCUT2D eigenvalue weighted by atomic mass is 9.88. The first-order valence-electron chi connectivity index (χ1n) is 6.91. The third kappa shape index (κ3) is 3.96. The van der Waals surface area contributed by atoms with Crippen LogP contribution in [0.3, 0.4) is 0 Å². The third-order valence-corrected chi connectivity index (χ3v) is 4.19. The van der Waals surface area contributed by atoms with Crippen LogP contribution in [0, 0.1) is 0 Å². The molecule has 0 saturated carbocycles. The van der Waals surface area contributed by atoms with E-state index in [2.05, 4.69) is 33.0 Å². The molecule has 0 bridgehead atoms. The average molecular weight is 342 g/mol. The number of carbonyl (C=O) groups excluding carboxylic acids is 1. The maximum atomic E-state index is 11.5. The van der Waals surface area contributed by atoms with Crippen molar-refractivity contribution in [2.45, 2.75) is 31.8 Å². The molecular formula is C15H20BrNO3. The number of esters is 1. The van der Waals surface area contributed by atoms with E-state index in [4.69, 9.17) is 4.74 Å². The van der Waals surface area contributed by atoms with Crippen molar-refractivity contribution in [2.75, 3.05) is 24.6 Å². The van der Waals surface area contributed by atoms with E-state index in [1.807, 2.05) is 12.1 Å². The van der Waals surface area contributed by atoms with Crippen molar-refractivity contribution in [2.24, 2.45) is 0 Å². The molecule has 0 aliphatic carbocycles. The zero-order valence-electron chi connectivity index (χ0n) is 11.6. The molecule has 1 aromatic carbocycles. The van der Waals surface area contributed by atoms with Gasteiger partial charge in [-0.25, -0.2) is 0 Å². The highest BCUT2D eigenvalue weighted by atomic mass is 79.9. The molecule has 5 heteroatoms. The van der Waals surface area contributed by atoms with Gasteiger partial charge in [-0.3, -0.25) is 4.79 Å². The van der Waals surface area contributed by atoms with Crippen molar-refractivity contribution in [3.05, 3.63) is 28.7 Å². The van der Waals surface area contributed by atoms with Crippen molar-refractivity contribution >= 4 is 27.6 Å². The van der Waals surface area contributed by atoms with Crippen LogP contribution in [0.2, 0.25) is 0 Å². The molecule has 1 heterocycles. The number of hydrogen-bond acceptors (Lipinski definition) is 4. The third-order valence-electron chi connectivity index (χ3n) is 3.66. The largest absolute Gasteiger partial charge is 0.466 e. The summed E-state index contributed by atoms with van der Waals surface area (Å²) < 4.78 is 5.97. The molecule has 0 aromatic heterocycles. The van der Waals surface area contributed by atoms with Crippen LogP contribution in [-0.4, -0.2) is 36.4 Å². The van der Waals surface area contributed by atoms with Crippen molar-refractivity contribution < 1.29 is 14.6 Å². The van der Waals surface area contributed by atoms with Crippen LogP contribution in [0.25, 0.3) is 0 Å². The summed E-state index contributed by atoms with van der Waals surface area (Å²) in [5.41, 5.74) is 0.226. The fraction of sp³-hybridized carbons (Fsp3) is 0.533. The van der Waals surface area contributed by atoms with Crippen LogP contribution in [0.5, 0.6) is 0 Å². The molecule has 110 valence electrons. The second-order valence-corrected chi connectivity index (χ2v) is 6.09. The van der Waals surface area contributed by atoms with Gasteiger partial charge < -0.3 is 14.7 Å². The van der Waals surface area contributed by atoms with E-state index in [9.17, 15) is 9.90 Å². The summed E-state index contributed by atoms with van der Waals surface area (Å²) in [7, 11) is 0. The van der Waals surface area contributed by atoms with E-state index in [-0.39, 0.29) is 12.4 Å². The zero-order chi connectivity index (χ0) is 14.6. The minimum atomic E-state index is -0.919. The molecule has 4 nitrogen and oxygen atoms in total. The van der Waals surface area contributed by atoms with Crippen LogP contribution in [0.1, 0.15) is 26.2 Å². The van der Waals surface area contributed by atoms with Crippen molar-refractivity contribution in [1.82, 2.24) is 0 Å². The molecular weight excluding hydrogens is 322 g/mol. The molecule has 0 radical (unpaired) electrons. The van der Waals surface area contributed by atoms with Gasteiger partial charge in [-0.2, -0.15) is 0 Å². The average Bonchev–Trinajstić information content (AvgIpc) is 2.40. The number of piperidine rings is 1. The number of aliphatic hydroxyl groups is 1. The fourth-order valence-electron chi connectivity index (χ4n) is 2.49. The molecule has 1 N–H and O–H groups in total. The van der Waals surface area contributed by atoms with Gasteiger partial charge in [-0.1, -0.05) is 15.9 Å². The minimum absolute atomic E-state index is 0.0923. The summed E-state index contributed by atoms with van der Waals surface area (Å²) in [6.07, 6.45) is 1.26. The highest BCUT2D eigenvalue weighted by molar-refractivity contribution is 9.10. The number of halogens is 1. The predicted octanol–water partition coefficient (Wildman–Crippen LogP) is 2.73. The molecule has 1 aromatic rings. The summed E-state index contributed by atoms with van der Waals surface area (Å²) in [6, 6.07) is 8.13. The van der Waals surface area contributed by atoms with Gasteiger partial charge in [0.1, 0.15) is 0 Å². The summed E-state index contributed by atoms with van der Waals surface area (Å²) >= 11 is 3.42. The molecule has 1 aliphatic rings. The standard InChI is InChI=1S/C15H20BrNO3/c1-2-20-14(18)11-15(19)7-9-17(10-8-15)13-5-3-12(16)4-6-13/h3-6,19H,2,7-11H2,1H3. The van der Waals surface area contributed by atoms with E-state index >= 15 is 0 Å². The Morgan fingerprint density at radius 2 is 1.95 bits per heavy atom. The molecule has 0 amide bonds. The molecule has 0 atom stereocenters. The van der Waals surface area contributed by atoms with E-state index < -0.39 is 5.60 Å². The Balaban J connectivity index is 1.91. The fourth-order valence-corrected chi connectivity index (χ4v) is 2.75. The summed E-state index contributed by atoms with van der Waals surface area (Å²) in [5, 5.41) is 10.4. The number of nitrogens with zero attached hydrogens (tertiary/aromatic N) is 1. The first kappa shape index (κ1) is 15.3. The molecule has 1 fully saturated rings. The van der Waals surface area contributed by atoms with E-state index in [1.165, 1.54) is 0 Å². The normalized spacial score (nSPS) is 17.9. The highest BCUT2D eigenvalue weighted by Crippen LogP contribution is 2.29. The van der Waals surface area contributed by atoms with E-state index in [0.717, 1.165) is 23.2 Å². The Bertz CT molecular complexity index is 453. The molecule has 0 spiro atoms. The smallest absolute Gasteiger partial charge is 0.308 e. The second kappa shape index (κ2) is 6.59. The lowest BCUT2D eigenvalue weighted by Crippen LogP contribution is -2.45. The lowest BCUT2D eigenvalue weighted by molar-refractivity contribution is -0.149. The van der Waals surface area contributed by atoms with Gasteiger partial charge >= 0.3 is 5.97 Å². The number of benzene rings is 1. The van der Waals surface area contributed by atoms with Crippen LogP contribution in [-0.2, 0) is 9.53 Å². The topological polar surface area (TPSA) is 49.8 Å². The van der Waals surface area contributed by atoms with Crippen LogP contribution < -0.4 is 4.90 Å². The number of hydrogen-bond donors (Lipinski definition) is 1. The molecule has 1 saturated heterocycles. The Morgan fingerprint density at radius 3 is 2.50 bits per heavy atom. The Morgan fingerprint density at radius 1 is 1.35 bits per heavy atom. The Labute approximate surface area is 127 Å². The first-order valence-corrected chi connectivity index (χ1v) is 7.70. The van der Waals surface area contributed by atoms with E-state index in [0.29, 0.717) is 19.4 Å². The Hall–Kier alpha value is -1.07. The van der Waals surface area contributed by atoms with Gasteiger partial charge in [0.2, 0.25) is 0 Å². The van der Waals surface area contributed by atoms with Gasteiger partial charge in [0.25, 0.3) is 0 Å². The Kier molecular flexibility index (Phi) is 5.05. The summed E-state index contributed by atoms with van der Waals surface area (Å²) in [5.74, 6) is -0.313. The van der Waals surface area contributed by atoms with Crippen molar-refractivity contribution in [1.29, 1.82) is 0 Å². The van der Waals surface area contributed by atoms with Gasteiger partial charge in [0.15, 0.2) is 0 Å². The highest BCUT2D eigenvalue weighted by Gasteiger charge is 2.35. The molecule has 2 rings (SSSR count). The monoisotopic (exact) mass is 341 g/mol. The number of anilines is 1. The second-order valence-electron chi connectivity index (χ2n) is 5.17. The van der Waals surface area contributed by atoms with Crippen LogP contribution in [0.15, 0.2) is 28.7 Å². The number of rotatable bonds is 4. The van der Waals surface area contributed by atoms with Gasteiger partial charge in [-0.05, 0) is 44.0 Å². The quantitative estimate of drug-likeness (QED) is 0.855. The minimum Gasteiger partial charge on any atom is -0.466 e. The van der Waals surface area contributed by atoms with Gasteiger partial charge in [-0.15, -0.1) is 0 Å². The van der Waals surface area contributed by atoms with Gasteiger partial charge in [0.05, 0.1) is 18.6 Å². The maximum absolute atomic E-state index is 11.5.